The lowest BCUT2D eigenvalue weighted by Gasteiger charge is -2.38. The molecule has 1 N–H and O–H groups in total. The number of aromatic amines is 1. The molecule has 2 aliphatic rings. The summed E-state index contributed by atoms with van der Waals surface area (Å²) in [4.78, 5) is 28.3. The number of anilines is 1. The summed E-state index contributed by atoms with van der Waals surface area (Å²) in [6, 6.07) is 2.54. The lowest BCUT2D eigenvalue weighted by atomic mass is 9.99. The topological polar surface area (TPSA) is 109 Å². The standard InChI is InChI=1S/C31H25F8N7O3/c1-14-24(15(2)44-43-14)18-7-21(26(48-4)40-9-18)22-10-41-27(45-12-29(32,33)13-45)42-23(22)11-46-16(3)25(49-28(46)47)17-5-19(30(34,35)36)8-20(6-17)31(37,38)39/h5-10,25H,3,11-13H2,1-2,4H3,(H,43,44)/t25-/m0/s1. The lowest BCUT2D eigenvalue weighted by molar-refractivity contribution is -0.143. The van der Waals surface area contributed by atoms with Gasteiger partial charge in [-0.05, 0) is 43.7 Å². The van der Waals surface area contributed by atoms with Crippen LogP contribution in [0.1, 0.15) is 39.9 Å². The van der Waals surface area contributed by atoms with Gasteiger partial charge in [-0.25, -0.2) is 28.5 Å². The first-order chi connectivity index (χ1) is 22.9. The van der Waals surface area contributed by atoms with E-state index in [1.807, 2.05) is 0 Å². The molecule has 2 saturated heterocycles. The van der Waals surface area contributed by atoms with E-state index in [-0.39, 0.29) is 34.8 Å². The quantitative estimate of drug-likeness (QED) is 0.202. The van der Waals surface area contributed by atoms with E-state index < -0.39 is 66.8 Å². The van der Waals surface area contributed by atoms with Crippen LogP contribution in [-0.2, 0) is 23.6 Å². The molecule has 10 nitrogen and oxygen atoms in total. The molecule has 2 fully saturated rings. The van der Waals surface area contributed by atoms with E-state index in [1.54, 1.807) is 26.1 Å². The number of carbonyl (C=O) groups is 1. The van der Waals surface area contributed by atoms with E-state index in [9.17, 15) is 39.9 Å². The summed E-state index contributed by atoms with van der Waals surface area (Å²) in [6.07, 6.45) is -10.3. The first kappa shape index (κ1) is 33.6. The Morgan fingerprint density at radius 3 is 2.20 bits per heavy atom. The fraction of sp³-hybridized carbons (Fsp3) is 0.323. The molecule has 0 radical (unpaired) electrons. The number of cyclic esters (lactones) is 1. The number of pyridine rings is 1. The van der Waals surface area contributed by atoms with Crippen molar-refractivity contribution in [1.29, 1.82) is 0 Å². The molecular weight excluding hydrogens is 670 g/mol. The normalized spacial score (nSPS) is 17.7. The zero-order valence-electron chi connectivity index (χ0n) is 25.8. The largest absolute Gasteiger partial charge is 0.481 e. The third kappa shape index (κ3) is 6.33. The van der Waals surface area contributed by atoms with Crippen LogP contribution in [0.4, 0.5) is 45.9 Å². The fourth-order valence-corrected chi connectivity index (χ4v) is 5.68. The van der Waals surface area contributed by atoms with E-state index in [1.165, 1.54) is 18.2 Å². The van der Waals surface area contributed by atoms with Crippen molar-refractivity contribution in [3.63, 3.8) is 0 Å². The van der Waals surface area contributed by atoms with Gasteiger partial charge in [-0.1, -0.05) is 6.58 Å². The number of carbonyl (C=O) groups excluding carboxylic acids is 1. The SMILES string of the molecule is C=C1[C@@H](c2cc(C(F)(F)F)cc(C(F)(F)F)c2)OC(=O)N1Cc1nc(N2CC(F)(F)C2)ncc1-c1cc(-c2c(C)n[nH]c2C)cnc1OC. The van der Waals surface area contributed by atoms with Crippen molar-refractivity contribution in [1.82, 2.24) is 30.0 Å². The number of methoxy groups -OCH3 is 1. The molecule has 3 aromatic heterocycles. The second kappa shape index (κ2) is 11.7. The van der Waals surface area contributed by atoms with E-state index in [0.29, 0.717) is 29.0 Å². The maximum absolute atomic E-state index is 13.7. The first-order valence-corrected chi connectivity index (χ1v) is 14.4. The van der Waals surface area contributed by atoms with Gasteiger partial charge in [0.05, 0.1) is 55.0 Å². The molecule has 0 unspecified atom stereocenters. The third-order valence-corrected chi connectivity index (χ3v) is 8.04. The van der Waals surface area contributed by atoms with E-state index in [2.05, 4.69) is 31.7 Å². The Morgan fingerprint density at radius 2 is 1.65 bits per heavy atom. The van der Waals surface area contributed by atoms with Gasteiger partial charge in [-0.3, -0.25) is 10.00 Å². The Hall–Kier alpha value is -5.29. The van der Waals surface area contributed by atoms with Crippen LogP contribution in [0.3, 0.4) is 0 Å². The number of hydrogen-bond acceptors (Lipinski definition) is 8. The molecule has 0 aliphatic carbocycles. The molecule has 0 bridgehead atoms. The van der Waals surface area contributed by atoms with Gasteiger partial charge >= 0.3 is 18.4 Å². The highest BCUT2D eigenvalue weighted by Crippen LogP contribution is 2.43. The van der Waals surface area contributed by atoms with Crippen molar-refractivity contribution in [2.24, 2.45) is 0 Å². The van der Waals surface area contributed by atoms with Gasteiger partial charge in [-0.2, -0.15) is 31.4 Å². The number of nitrogens with one attached hydrogen (secondary N) is 1. The summed E-state index contributed by atoms with van der Waals surface area (Å²) in [7, 11) is 1.35. The number of aromatic nitrogens is 5. The molecule has 4 aromatic rings. The molecule has 6 rings (SSSR count). The maximum Gasteiger partial charge on any atom is 0.416 e. The summed E-state index contributed by atoms with van der Waals surface area (Å²) < 4.78 is 120. The number of halogens is 8. The highest BCUT2D eigenvalue weighted by atomic mass is 19.4. The summed E-state index contributed by atoms with van der Waals surface area (Å²) in [6.45, 7) is 5.47. The Balaban J connectivity index is 1.42. The van der Waals surface area contributed by atoms with Crippen molar-refractivity contribution in [2.45, 2.75) is 44.8 Å². The predicted molar refractivity (Wildman–Crippen MR) is 156 cm³/mol. The molecule has 2 aliphatic heterocycles. The lowest BCUT2D eigenvalue weighted by Crippen LogP contribution is -2.57. The van der Waals surface area contributed by atoms with Gasteiger partial charge in [0.1, 0.15) is 0 Å². The van der Waals surface area contributed by atoms with Gasteiger partial charge in [0.25, 0.3) is 5.92 Å². The number of hydrogen-bond donors (Lipinski definition) is 1. The predicted octanol–water partition coefficient (Wildman–Crippen LogP) is 7.25. The van der Waals surface area contributed by atoms with Crippen molar-refractivity contribution in [2.75, 3.05) is 25.1 Å². The van der Waals surface area contributed by atoms with Crippen LogP contribution in [0.5, 0.6) is 5.88 Å². The molecule has 1 amide bonds. The van der Waals surface area contributed by atoms with Crippen LogP contribution in [0, 0.1) is 13.8 Å². The summed E-state index contributed by atoms with van der Waals surface area (Å²) in [5, 5.41) is 7.08. The Kier molecular flexibility index (Phi) is 8.02. The summed E-state index contributed by atoms with van der Waals surface area (Å²) in [5.41, 5.74) is -0.797. The molecule has 1 aromatic carbocycles. The zero-order chi connectivity index (χ0) is 35.6. The highest BCUT2D eigenvalue weighted by Gasteiger charge is 2.46. The smallest absolute Gasteiger partial charge is 0.416 e. The number of ether oxygens (including phenoxy) is 2. The number of benzene rings is 1. The molecule has 5 heterocycles. The number of amides is 1. The van der Waals surface area contributed by atoms with Crippen molar-refractivity contribution >= 4 is 12.0 Å². The minimum atomic E-state index is -5.14. The summed E-state index contributed by atoms with van der Waals surface area (Å²) >= 11 is 0. The average molecular weight is 696 g/mol. The molecule has 0 saturated carbocycles. The molecule has 18 heteroatoms. The zero-order valence-corrected chi connectivity index (χ0v) is 25.8. The van der Waals surface area contributed by atoms with E-state index in [4.69, 9.17) is 9.47 Å². The Morgan fingerprint density at radius 1 is 1.00 bits per heavy atom. The van der Waals surface area contributed by atoms with Crippen molar-refractivity contribution in [3.05, 3.63) is 82.7 Å². The van der Waals surface area contributed by atoms with Crippen LogP contribution in [0.25, 0.3) is 22.3 Å². The van der Waals surface area contributed by atoms with Gasteiger partial charge in [0.2, 0.25) is 11.8 Å². The molecular formula is C31H25F8N7O3. The van der Waals surface area contributed by atoms with Crippen LogP contribution < -0.4 is 9.64 Å². The number of nitrogens with zero attached hydrogens (tertiary/aromatic N) is 6. The monoisotopic (exact) mass is 695 g/mol. The second-order valence-corrected chi connectivity index (χ2v) is 11.5. The minimum absolute atomic E-state index is 0.0388. The Labute approximate surface area is 272 Å². The van der Waals surface area contributed by atoms with Crippen molar-refractivity contribution < 1.29 is 49.4 Å². The van der Waals surface area contributed by atoms with Crippen LogP contribution >= 0.6 is 0 Å². The number of rotatable bonds is 7. The average Bonchev–Trinajstić information content (AvgIpc) is 3.50. The van der Waals surface area contributed by atoms with Crippen LogP contribution in [0.2, 0.25) is 0 Å². The fourth-order valence-electron chi connectivity index (χ4n) is 5.68. The number of aryl methyl sites for hydroxylation is 2. The molecule has 1 atom stereocenters. The van der Waals surface area contributed by atoms with Gasteiger partial charge in [0, 0.05) is 40.3 Å². The number of alkyl halides is 8. The van der Waals surface area contributed by atoms with Crippen LogP contribution in [0.15, 0.2) is 48.9 Å². The van der Waals surface area contributed by atoms with E-state index in [0.717, 1.165) is 16.2 Å². The third-order valence-electron chi connectivity index (χ3n) is 8.04. The Bertz CT molecular complexity index is 1920. The molecule has 258 valence electrons. The van der Waals surface area contributed by atoms with Crippen LogP contribution in [-0.4, -0.2) is 62.3 Å². The molecule has 0 spiro atoms. The van der Waals surface area contributed by atoms with Crippen molar-refractivity contribution in [3.8, 4) is 28.1 Å². The number of H-pyrrole nitrogens is 1. The summed E-state index contributed by atoms with van der Waals surface area (Å²) in [5.74, 6) is -3.00. The second-order valence-electron chi connectivity index (χ2n) is 11.5. The maximum atomic E-state index is 13.7. The van der Waals surface area contributed by atoms with Gasteiger partial charge < -0.3 is 14.4 Å². The first-order valence-electron chi connectivity index (χ1n) is 14.4. The van der Waals surface area contributed by atoms with E-state index >= 15 is 0 Å². The molecule has 49 heavy (non-hydrogen) atoms. The highest BCUT2D eigenvalue weighted by molar-refractivity contribution is 5.79. The van der Waals surface area contributed by atoms with Gasteiger partial charge in [0.15, 0.2) is 6.10 Å². The van der Waals surface area contributed by atoms with Gasteiger partial charge in [-0.15, -0.1) is 0 Å². The minimum Gasteiger partial charge on any atom is -0.481 e.